The predicted octanol–water partition coefficient (Wildman–Crippen LogP) is 5.25. The summed E-state index contributed by atoms with van der Waals surface area (Å²) in [5.41, 5.74) is 0.226. The lowest BCUT2D eigenvalue weighted by atomic mass is 10.2. The highest BCUT2D eigenvalue weighted by atomic mass is 32.2. The summed E-state index contributed by atoms with van der Waals surface area (Å²) in [6.45, 7) is 4.15. The number of thioether (sulfide) groups is 2. The van der Waals surface area contributed by atoms with Crippen molar-refractivity contribution in [2.24, 2.45) is 0 Å². The van der Waals surface area contributed by atoms with Crippen molar-refractivity contribution in [1.82, 2.24) is 0 Å². The fourth-order valence-electron chi connectivity index (χ4n) is 1.40. The van der Waals surface area contributed by atoms with E-state index in [0.29, 0.717) is 0 Å². The molecule has 0 bridgehead atoms. The minimum absolute atomic E-state index is 0.129. The van der Waals surface area contributed by atoms with Gasteiger partial charge in [0.05, 0.1) is 4.58 Å². The van der Waals surface area contributed by atoms with Crippen molar-refractivity contribution in [3.05, 3.63) is 35.4 Å². The van der Waals surface area contributed by atoms with E-state index in [0.717, 1.165) is 24.3 Å². The zero-order valence-electron chi connectivity index (χ0n) is 10.2. The third kappa shape index (κ3) is 4.51. The summed E-state index contributed by atoms with van der Waals surface area (Å²) in [5, 5.41) is 0. The Morgan fingerprint density at radius 1 is 1.00 bits per heavy atom. The van der Waals surface area contributed by atoms with Crippen LogP contribution in [0, 0.1) is 11.6 Å². The minimum Gasteiger partial charge on any atom is -0.207 e. The number of halogens is 2. The molecule has 0 saturated carbocycles. The SMILES string of the molecule is CCCSC(SCCC)c1c(F)cccc1F. The molecular weight excluding hydrogens is 258 g/mol. The van der Waals surface area contributed by atoms with Crippen molar-refractivity contribution < 1.29 is 8.78 Å². The second-order valence-electron chi connectivity index (χ2n) is 3.71. The molecule has 96 valence electrons. The molecule has 0 aliphatic heterocycles. The molecule has 0 aromatic heterocycles. The molecule has 0 fully saturated rings. The molecule has 0 spiro atoms. The molecule has 1 rings (SSSR count). The van der Waals surface area contributed by atoms with Gasteiger partial charge in [-0.3, -0.25) is 0 Å². The van der Waals surface area contributed by atoms with Crippen LogP contribution in [0.1, 0.15) is 36.8 Å². The van der Waals surface area contributed by atoms with E-state index >= 15 is 0 Å². The highest BCUT2D eigenvalue weighted by molar-refractivity contribution is 8.16. The third-order valence-electron chi connectivity index (χ3n) is 2.18. The van der Waals surface area contributed by atoms with Crippen LogP contribution >= 0.6 is 23.5 Å². The third-order valence-corrected chi connectivity index (χ3v) is 5.36. The lowest BCUT2D eigenvalue weighted by Crippen LogP contribution is -2.00. The quantitative estimate of drug-likeness (QED) is 0.624. The maximum absolute atomic E-state index is 13.7. The van der Waals surface area contributed by atoms with Crippen LogP contribution in [0.3, 0.4) is 0 Å². The van der Waals surface area contributed by atoms with E-state index in [1.807, 2.05) is 0 Å². The van der Waals surface area contributed by atoms with Crippen LogP contribution in [0.5, 0.6) is 0 Å². The van der Waals surface area contributed by atoms with Gasteiger partial charge in [0.15, 0.2) is 0 Å². The second-order valence-corrected chi connectivity index (χ2v) is 6.43. The molecule has 1 aromatic carbocycles. The zero-order chi connectivity index (χ0) is 12.7. The first-order valence-electron chi connectivity index (χ1n) is 5.87. The molecule has 0 aliphatic rings. The van der Waals surface area contributed by atoms with Gasteiger partial charge in [-0.25, -0.2) is 8.78 Å². The molecule has 0 nitrogen and oxygen atoms in total. The van der Waals surface area contributed by atoms with Crippen molar-refractivity contribution in [3.8, 4) is 0 Å². The maximum atomic E-state index is 13.7. The van der Waals surface area contributed by atoms with Gasteiger partial charge < -0.3 is 0 Å². The van der Waals surface area contributed by atoms with E-state index in [4.69, 9.17) is 0 Å². The van der Waals surface area contributed by atoms with Gasteiger partial charge >= 0.3 is 0 Å². The Labute approximate surface area is 111 Å². The lowest BCUT2D eigenvalue weighted by molar-refractivity contribution is 0.565. The van der Waals surface area contributed by atoms with Crippen molar-refractivity contribution in [1.29, 1.82) is 0 Å². The standard InChI is InChI=1S/C13H18F2S2/c1-3-8-16-13(17-9-4-2)12-10(14)6-5-7-11(12)15/h5-7,13H,3-4,8-9H2,1-2H3. The summed E-state index contributed by atoms with van der Waals surface area (Å²) in [6, 6.07) is 4.09. The molecule has 0 aliphatic carbocycles. The van der Waals surface area contributed by atoms with E-state index in [-0.39, 0.29) is 10.1 Å². The van der Waals surface area contributed by atoms with Gasteiger partial charge in [0, 0.05) is 5.56 Å². The van der Waals surface area contributed by atoms with E-state index in [9.17, 15) is 8.78 Å². The van der Waals surface area contributed by atoms with E-state index in [1.165, 1.54) is 18.2 Å². The Kier molecular flexibility index (Phi) is 6.97. The normalized spacial score (nSPS) is 11.1. The van der Waals surface area contributed by atoms with Crippen LogP contribution in [-0.2, 0) is 0 Å². The van der Waals surface area contributed by atoms with Crippen LogP contribution in [0.25, 0.3) is 0 Å². The van der Waals surface area contributed by atoms with Crippen LogP contribution in [0.2, 0.25) is 0 Å². The van der Waals surface area contributed by atoms with Crippen LogP contribution in [-0.4, -0.2) is 11.5 Å². The van der Waals surface area contributed by atoms with Crippen molar-refractivity contribution >= 4 is 23.5 Å². The van der Waals surface area contributed by atoms with Gasteiger partial charge in [-0.15, -0.1) is 23.5 Å². The zero-order valence-corrected chi connectivity index (χ0v) is 11.8. The van der Waals surface area contributed by atoms with E-state index in [1.54, 1.807) is 23.5 Å². The fraction of sp³-hybridized carbons (Fsp3) is 0.538. The highest BCUT2D eigenvalue weighted by Crippen LogP contribution is 2.42. The summed E-state index contributed by atoms with van der Waals surface area (Å²) in [4.78, 5) is 0. The number of rotatable bonds is 7. The first-order chi connectivity index (χ1) is 8.20. The Balaban J connectivity index is 2.86. The summed E-state index contributed by atoms with van der Waals surface area (Å²) in [7, 11) is 0. The molecule has 17 heavy (non-hydrogen) atoms. The monoisotopic (exact) mass is 276 g/mol. The average Bonchev–Trinajstić information content (AvgIpc) is 2.31. The van der Waals surface area contributed by atoms with Gasteiger partial charge in [-0.1, -0.05) is 19.9 Å². The first kappa shape index (κ1) is 14.8. The maximum Gasteiger partial charge on any atom is 0.131 e. The van der Waals surface area contributed by atoms with Gasteiger partial charge in [-0.2, -0.15) is 0 Å². The Bertz CT molecular complexity index is 314. The van der Waals surface area contributed by atoms with Crippen LogP contribution in [0.4, 0.5) is 8.78 Å². The minimum atomic E-state index is -0.429. The fourth-order valence-corrected chi connectivity index (χ4v) is 4.05. The van der Waals surface area contributed by atoms with Gasteiger partial charge in [0.25, 0.3) is 0 Å². The van der Waals surface area contributed by atoms with Gasteiger partial charge in [0.2, 0.25) is 0 Å². The molecule has 4 heteroatoms. The molecule has 1 aromatic rings. The summed E-state index contributed by atoms with van der Waals surface area (Å²) in [6.07, 6.45) is 2.04. The van der Waals surface area contributed by atoms with E-state index in [2.05, 4.69) is 13.8 Å². The summed E-state index contributed by atoms with van der Waals surface area (Å²) >= 11 is 3.25. The van der Waals surface area contributed by atoms with Crippen molar-refractivity contribution in [2.45, 2.75) is 31.3 Å². The van der Waals surface area contributed by atoms with E-state index < -0.39 is 11.6 Å². The average molecular weight is 276 g/mol. The first-order valence-corrected chi connectivity index (χ1v) is 7.97. The molecular formula is C13H18F2S2. The van der Waals surface area contributed by atoms with Crippen molar-refractivity contribution in [2.75, 3.05) is 11.5 Å². The van der Waals surface area contributed by atoms with Crippen molar-refractivity contribution in [3.63, 3.8) is 0 Å². The topological polar surface area (TPSA) is 0 Å². The number of hydrogen-bond acceptors (Lipinski definition) is 2. The molecule has 0 atom stereocenters. The summed E-state index contributed by atoms with van der Waals surface area (Å²) < 4.78 is 27.2. The van der Waals surface area contributed by atoms with Gasteiger partial charge in [-0.05, 0) is 36.5 Å². The predicted molar refractivity (Wildman–Crippen MR) is 74.6 cm³/mol. The Morgan fingerprint density at radius 3 is 1.88 bits per heavy atom. The Hall–Kier alpha value is -0.220. The molecule has 0 saturated heterocycles. The summed E-state index contributed by atoms with van der Waals surface area (Å²) in [5.74, 6) is 0.994. The lowest BCUT2D eigenvalue weighted by Gasteiger charge is -2.17. The molecule has 0 N–H and O–H groups in total. The smallest absolute Gasteiger partial charge is 0.131 e. The Morgan fingerprint density at radius 2 is 1.47 bits per heavy atom. The number of benzene rings is 1. The molecule has 0 unspecified atom stereocenters. The number of hydrogen-bond donors (Lipinski definition) is 0. The molecule has 0 radical (unpaired) electrons. The molecule has 0 heterocycles. The van der Waals surface area contributed by atoms with Crippen LogP contribution in [0.15, 0.2) is 18.2 Å². The second kappa shape index (κ2) is 7.98. The highest BCUT2D eigenvalue weighted by Gasteiger charge is 2.20. The van der Waals surface area contributed by atoms with Crippen LogP contribution < -0.4 is 0 Å². The largest absolute Gasteiger partial charge is 0.207 e. The van der Waals surface area contributed by atoms with Gasteiger partial charge in [0.1, 0.15) is 11.6 Å². The molecule has 0 amide bonds.